The number of hydrogen-bond donors (Lipinski definition) is 1. The van der Waals surface area contributed by atoms with Gasteiger partial charge in [0.25, 0.3) is 10.0 Å². The summed E-state index contributed by atoms with van der Waals surface area (Å²) in [6.45, 7) is 0. The van der Waals surface area contributed by atoms with E-state index in [1.54, 1.807) is 18.2 Å². The standard InChI is InChI=1S/C16H14N2O2S3/c17-11-12-3-1-6-15(9-12)23(19,20)18-14-5-2-4-13(10-14)16-21-7-8-22-16/h1-6,9-10,16,18H,7-8H2. The zero-order valence-electron chi connectivity index (χ0n) is 12.1. The maximum absolute atomic E-state index is 12.5. The van der Waals surface area contributed by atoms with Crippen molar-refractivity contribution in [3.05, 3.63) is 59.7 Å². The van der Waals surface area contributed by atoms with E-state index in [-0.39, 0.29) is 4.90 Å². The molecule has 1 aliphatic rings. The highest BCUT2D eigenvalue weighted by Crippen LogP contribution is 2.45. The maximum Gasteiger partial charge on any atom is 0.261 e. The van der Waals surface area contributed by atoms with E-state index in [0.29, 0.717) is 15.8 Å². The molecule has 2 aromatic rings. The highest BCUT2D eigenvalue weighted by atomic mass is 32.2. The summed E-state index contributed by atoms with van der Waals surface area (Å²) >= 11 is 3.75. The van der Waals surface area contributed by atoms with Gasteiger partial charge >= 0.3 is 0 Å². The van der Waals surface area contributed by atoms with Crippen LogP contribution in [0.3, 0.4) is 0 Å². The van der Waals surface area contributed by atoms with E-state index < -0.39 is 10.0 Å². The summed E-state index contributed by atoms with van der Waals surface area (Å²) in [7, 11) is -3.70. The van der Waals surface area contributed by atoms with Gasteiger partial charge in [0.15, 0.2) is 0 Å². The Balaban J connectivity index is 1.85. The summed E-state index contributed by atoms with van der Waals surface area (Å²) in [5.74, 6) is 2.23. The lowest BCUT2D eigenvalue weighted by atomic mass is 10.2. The fraction of sp³-hybridized carbons (Fsp3) is 0.188. The van der Waals surface area contributed by atoms with Crippen LogP contribution in [0.15, 0.2) is 53.4 Å². The number of nitrogens with one attached hydrogen (secondary N) is 1. The molecule has 118 valence electrons. The van der Waals surface area contributed by atoms with Crippen LogP contribution in [0.1, 0.15) is 15.7 Å². The molecule has 3 rings (SSSR count). The second-order valence-electron chi connectivity index (χ2n) is 4.94. The van der Waals surface area contributed by atoms with Gasteiger partial charge in [0, 0.05) is 17.2 Å². The molecule has 1 heterocycles. The second kappa shape index (κ2) is 6.87. The van der Waals surface area contributed by atoms with Gasteiger partial charge in [-0.1, -0.05) is 18.2 Å². The minimum absolute atomic E-state index is 0.0894. The summed E-state index contributed by atoms with van der Waals surface area (Å²) in [5, 5.41) is 8.91. The Labute approximate surface area is 144 Å². The van der Waals surface area contributed by atoms with Crippen molar-refractivity contribution >= 4 is 39.2 Å². The topological polar surface area (TPSA) is 70.0 Å². The molecular formula is C16H14N2O2S3. The van der Waals surface area contributed by atoms with Gasteiger partial charge in [0.05, 0.1) is 21.1 Å². The molecule has 0 amide bonds. The Morgan fingerprint density at radius 1 is 1.09 bits per heavy atom. The molecule has 2 aromatic carbocycles. The van der Waals surface area contributed by atoms with E-state index >= 15 is 0 Å². The molecule has 23 heavy (non-hydrogen) atoms. The van der Waals surface area contributed by atoms with Gasteiger partial charge in [-0.25, -0.2) is 8.42 Å². The summed E-state index contributed by atoms with van der Waals surface area (Å²) < 4.78 is 27.9. The van der Waals surface area contributed by atoms with Crippen LogP contribution in [-0.4, -0.2) is 19.9 Å². The third-order valence-electron chi connectivity index (χ3n) is 3.31. The molecule has 1 aliphatic heterocycles. The first kappa shape index (κ1) is 16.2. The molecule has 0 unspecified atom stereocenters. The molecule has 4 nitrogen and oxygen atoms in total. The normalized spacial score (nSPS) is 15.3. The number of nitrogens with zero attached hydrogens (tertiary/aromatic N) is 1. The predicted octanol–water partition coefficient (Wildman–Crippen LogP) is 3.84. The Hall–Kier alpha value is -1.62. The molecule has 0 aromatic heterocycles. The van der Waals surface area contributed by atoms with E-state index in [1.165, 1.54) is 12.1 Å². The summed E-state index contributed by atoms with van der Waals surface area (Å²) in [5.41, 5.74) is 1.97. The average molecular weight is 363 g/mol. The molecule has 1 saturated heterocycles. The quantitative estimate of drug-likeness (QED) is 0.895. The lowest BCUT2D eigenvalue weighted by molar-refractivity contribution is 0.601. The maximum atomic E-state index is 12.5. The van der Waals surface area contributed by atoms with E-state index in [1.807, 2.05) is 47.8 Å². The fourth-order valence-corrected chi connectivity index (χ4v) is 6.18. The molecular weight excluding hydrogens is 348 g/mol. The van der Waals surface area contributed by atoms with Crippen LogP contribution in [0, 0.1) is 11.3 Å². The monoisotopic (exact) mass is 362 g/mol. The third-order valence-corrected chi connectivity index (χ3v) is 7.79. The van der Waals surface area contributed by atoms with Crippen molar-refractivity contribution in [3.8, 4) is 6.07 Å². The van der Waals surface area contributed by atoms with Gasteiger partial charge < -0.3 is 0 Å². The third kappa shape index (κ3) is 3.83. The molecule has 7 heteroatoms. The van der Waals surface area contributed by atoms with Crippen LogP contribution in [0.5, 0.6) is 0 Å². The van der Waals surface area contributed by atoms with Gasteiger partial charge in [-0.2, -0.15) is 5.26 Å². The largest absolute Gasteiger partial charge is 0.280 e. The van der Waals surface area contributed by atoms with Crippen molar-refractivity contribution < 1.29 is 8.42 Å². The summed E-state index contributed by atoms with van der Waals surface area (Å²) in [6, 6.07) is 15.4. The van der Waals surface area contributed by atoms with Crippen LogP contribution in [0.2, 0.25) is 0 Å². The number of hydrogen-bond acceptors (Lipinski definition) is 5. The Morgan fingerprint density at radius 2 is 1.83 bits per heavy atom. The van der Waals surface area contributed by atoms with Crippen LogP contribution in [-0.2, 0) is 10.0 Å². The van der Waals surface area contributed by atoms with E-state index in [0.717, 1.165) is 17.1 Å². The van der Waals surface area contributed by atoms with Crippen molar-refractivity contribution in [2.75, 3.05) is 16.2 Å². The van der Waals surface area contributed by atoms with Crippen molar-refractivity contribution in [2.45, 2.75) is 9.48 Å². The van der Waals surface area contributed by atoms with E-state index in [9.17, 15) is 8.42 Å². The summed E-state index contributed by atoms with van der Waals surface area (Å²) in [4.78, 5) is 0.0894. The van der Waals surface area contributed by atoms with Gasteiger partial charge in [-0.3, -0.25) is 4.72 Å². The molecule has 0 radical (unpaired) electrons. The van der Waals surface area contributed by atoms with Gasteiger partial charge in [-0.05, 0) is 35.9 Å². The smallest absolute Gasteiger partial charge is 0.261 e. The number of rotatable bonds is 4. The number of anilines is 1. The molecule has 0 bridgehead atoms. The van der Waals surface area contributed by atoms with E-state index in [2.05, 4.69) is 4.72 Å². The number of sulfonamides is 1. The Kier molecular flexibility index (Phi) is 4.85. The predicted molar refractivity (Wildman–Crippen MR) is 96.1 cm³/mol. The Bertz CT molecular complexity index is 854. The second-order valence-corrected chi connectivity index (χ2v) is 9.35. The van der Waals surface area contributed by atoms with Crippen LogP contribution in [0.25, 0.3) is 0 Å². The molecule has 1 N–H and O–H groups in total. The van der Waals surface area contributed by atoms with E-state index in [4.69, 9.17) is 5.26 Å². The average Bonchev–Trinajstić information content (AvgIpc) is 3.09. The van der Waals surface area contributed by atoms with Crippen molar-refractivity contribution in [1.82, 2.24) is 0 Å². The minimum Gasteiger partial charge on any atom is -0.280 e. The highest BCUT2D eigenvalue weighted by molar-refractivity contribution is 8.19. The van der Waals surface area contributed by atoms with Crippen molar-refractivity contribution in [2.24, 2.45) is 0 Å². The van der Waals surface area contributed by atoms with Crippen LogP contribution in [0.4, 0.5) is 5.69 Å². The zero-order valence-corrected chi connectivity index (χ0v) is 14.5. The molecule has 1 fully saturated rings. The zero-order chi connectivity index (χ0) is 16.3. The SMILES string of the molecule is N#Cc1cccc(S(=O)(=O)Nc2cccc(C3SCCS3)c2)c1. The lowest BCUT2D eigenvalue weighted by Crippen LogP contribution is -2.13. The van der Waals surface area contributed by atoms with Gasteiger partial charge in [0.2, 0.25) is 0 Å². The first-order valence-corrected chi connectivity index (χ1v) is 10.5. The Morgan fingerprint density at radius 3 is 2.57 bits per heavy atom. The minimum atomic E-state index is -3.70. The number of thioether (sulfide) groups is 2. The molecule has 0 saturated carbocycles. The first-order valence-electron chi connectivity index (χ1n) is 6.95. The fourth-order valence-electron chi connectivity index (χ4n) is 2.25. The highest BCUT2D eigenvalue weighted by Gasteiger charge is 2.20. The molecule has 0 spiro atoms. The number of benzene rings is 2. The number of nitriles is 1. The first-order chi connectivity index (χ1) is 11.1. The molecule has 0 aliphatic carbocycles. The van der Waals surface area contributed by atoms with Crippen LogP contribution < -0.4 is 4.72 Å². The van der Waals surface area contributed by atoms with Gasteiger partial charge in [-0.15, -0.1) is 23.5 Å². The van der Waals surface area contributed by atoms with Crippen LogP contribution >= 0.6 is 23.5 Å². The summed E-state index contributed by atoms with van der Waals surface area (Å²) in [6.07, 6.45) is 0. The lowest BCUT2D eigenvalue weighted by Gasteiger charge is -2.12. The van der Waals surface area contributed by atoms with Crippen molar-refractivity contribution in [1.29, 1.82) is 5.26 Å². The van der Waals surface area contributed by atoms with Gasteiger partial charge in [0.1, 0.15) is 0 Å². The van der Waals surface area contributed by atoms with Crippen molar-refractivity contribution in [3.63, 3.8) is 0 Å². The molecule has 0 atom stereocenters.